The van der Waals surface area contributed by atoms with Gasteiger partial charge >= 0.3 is 0 Å². The number of aliphatic hydroxyl groups excluding tert-OH is 1. The third-order valence-corrected chi connectivity index (χ3v) is 3.30. The van der Waals surface area contributed by atoms with E-state index in [0.717, 1.165) is 23.6 Å². The van der Waals surface area contributed by atoms with Crippen molar-refractivity contribution in [1.29, 1.82) is 0 Å². The van der Waals surface area contributed by atoms with Gasteiger partial charge in [-0.05, 0) is 25.5 Å². The normalized spacial score (nSPS) is 20.2. The Bertz CT molecular complexity index is 423. The predicted molar refractivity (Wildman–Crippen MR) is 70.6 cm³/mol. The molecule has 2 heterocycles. The molecule has 0 bridgehead atoms. The SMILES string of the molecule is Cc1cc(C)c(CN)c(N2CCOC(CO)C2)n1. The maximum Gasteiger partial charge on any atom is 0.133 e. The van der Waals surface area contributed by atoms with Crippen LogP contribution in [0.1, 0.15) is 16.8 Å². The van der Waals surface area contributed by atoms with Crippen LogP contribution in [0, 0.1) is 13.8 Å². The van der Waals surface area contributed by atoms with E-state index < -0.39 is 0 Å². The number of nitrogens with zero attached hydrogens (tertiary/aromatic N) is 2. The largest absolute Gasteiger partial charge is 0.394 e. The minimum absolute atomic E-state index is 0.0409. The van der Waals surface area contributed by atoms with Gasteiger partial charge in [-0.3, -0.25) is 0 Å². The lowest BCUT2D eigenvalue weighted by molar-refractivity contribution is 0.00331. The Balaban J connectivity index is 2.31. The lowest BCUT2D eigenvalue weighted by Crippen LogP contribution is -2.45. The fourth-order valence-electron chi connectivity index (χ4n) is 2.38. The number of morpholine rings is 1. The van der Waals surface area contributed by atoms with Crippen molar-refractivity contribution in [1.82, 2.24) is 4.98 Å². The number of rotatable bonds is 3. The van der Waals surface area contributed by atoms with Crippen molar-refractivity contribution in [2.75, 3.05) is 31.2 Å². The molecule has 3 N–H and O–H groups in total. The van der Waals surface area contributed by atoms with E-state index in [9.17, 15) is 5.11 Å². The van der Waals surface area contributed by atoms with Crippen molar-refractivity contribution in [3.8, 4) is 0 Å². The minimum Gasteiger partial charge on any atom is -0.394 e. The van der Waals surface area contributed by atoms with Crippen molar-refractivity contribution in [3.05, 3.63) is 22.9 Å². The molecule has 1 aromatic heterocycles. The first-order valence-electron chi connectivity index (χ1n) is 6.30. The van der Waals surface area contributed by atoms with Crippen LogP contribution in [0.4, 0.5) is 5.82 Å². The Labute approximate surface area is 108 Å². The second-order valence-electron chi connectivity index (χ2n) is 4.71. The van der Waals surface area contributed by atoms with Gasteiger partial charge in [0.2, 0.25) is 0 Å². The van der Waals surface area contributed by atoms with Crippen LogP contribution in [0.2, 0.25) is 0 Å². The molecule has 0 aliphatic carbocycles. The molecule has 1 atom stereocenters. The molecule has 0 spiro atoms. The van der Waals surface area contributed by atoms with Gasteiger partial charge in [0.1, 0.15) is 5.82 Å². The second kappa shape index (κ2) is 5.65. The number of pyridine rings is 1. The highest BCUT2D eigenvalue weighted by atomic mass is 16.5. The van der Waals surface area contributed by atoms with Gasteiger partial charge in [0.15, 0.2) is 0 Å². The molecule has 100 valence electrons. The summed E-state index contributed by atoms with van der Waals surface area (Å²) in [6, 6.07) is 2.05. The van der Waals surface area contributed by atoms with E-state index in [4.69, 9.17) is 10.5 Å². The third kappa shape index (κ3) is 2.63. The molecule has 2 rings (SSSR count). The minimum atomic E-state index is -0.132. The zero-order valence-electron chi connectivity index (χ0n) is 11.0. The lowest BCUT2D eigenvalue weighted by atomic mass is 10.1. The molecule has 0 aromatic carbocycles. The van der Waals surface area contributed by atoms with Crippen molar-refractivity contribution in [2.45, 2.75) is 26.5 Å². The fraction of sp³-hybridized carbons (Fsp3) is 0.615. The Hall–Kier alpha value is -1.17. The summed E-state index contributed by atoms with van der Waals surface area (Å²) in [5.74, 6) is 0.941. The molecule has 1 saturated heterocycles. The molecule has 0 saturated carbocycles. The molecule has 5 heteroatoms. The molecule has 0 amide bonds. The first-order valence-corrected chi connectivity index (χ1v) is 6.30. The van der Waals surface area contributed by atoms with E-state index in [2.05, 4.69) is 22.9 Å². The van der Waals surface area contributed by atoms with Gasteiger partial charge in [0.05, 0.1) is 19.3 Å². The van der Waals surface area contributed by atoms with Gasteiger partial charge in [-0.15, -0.1) is 0 Å². The topological polar surface area (TPSA) is 71.6 Å². The van der Waals surface area contributed by atoms with Crippen LogP contribution in [0.5, 0.6) is 0 Å². The summed E-state index contributed by atoms with van der Waals surface area (Å²) in [4.78, 5) is 6.77. The van der Waals surface area contributed by atoms with E-state index in [0.29, 0.717) is 19.7 Å². The van der Waals surface area contributed by atoms with E-state index >= 15 is 0 Å². The smallest absolute Gasteiger partial charge is 0.133 e. The van der Waals surface area contributed by atoms with Crippen LogP contribution in [-0.2, 0) is 11.3 Å². The number of aromatic nitrogens is 1. The standard InChI is InChI=1S/C13H21N3O2/c1-9-5-10(2)15-13(12(9)6-14)16-3-4-18-11(7-16)8-17/h5,11,17H,3-4,6-8,14H2,1-2H3. The van der Waals surface area contributed by atoms with Crippen LogP contribution < -0.4 is 10.6 Å². The Morgan fingerprint density at radius 1 is 1.56 bits per heavy atom. The Kier molecular flexibility index (Phi) is 4.16. The maximum absolute atomic E-state index is 9.19. The van der Waals surface area contributed by atoms with Gasteiger partial charge in [0, 0.05) is 30.9 Å². The lowest BCUT2D eigenvalue weighted by Gasteiger charge is -2.34. The number of aryl methyl sites for hydroxylation is 2. The zero-order valence-corrected chi connectivity index (χ0v) is 11.0. The third-order valence-electron chi connectivity index (χ3n) is 3.30. The molecule has 1 aromatic rings. The molecule has 0 radical (unpaired) electrons. The van der Waals surface area contributed by atoms with Crippen LogP contribution >= 0.6 is 0 Å². The van der Waals surface area contributed by atoms with Crippen LogP contribution in [0.25, 0.3) is 0 Å². The Morgan fingerprint density at radius 2 is 2.33 bits per heavy atom. The average Bonchev–Trinajstić information content (AvgIpc) is 2.38. The highest BCUT2D eigenvalue weighted by Gasteiger charge is 2.23. The summed E-state index contributed by atoms with van der Waals surface area (Å²) in [7, 11) is 0. The van der Waals surface area contributed by atoms with Gasteiger partial charge in [-0.25, -0.2) is 4.98 Å². The number of aliphatic hydroxyl groups is 1. The van der Waals surface area contributed by atoms with E-state index in [-0.39, 0.29) is 12.7 Å². The number of hydrogen-bond acceptors (Lipinski definition) is 5. The van der Waals surface area contributed by atoms with Crippen LogP contribution in [-0.4, -0.2) is 42.5 Å². The predicted octanol–water partition coefficient (Wildman–Crippen LogP) is 0.355. The van der Waals surface area contributed by atoms with Crippen LogP contribution in [0.15, 0.2) is 6.07 Å². The summed E-state index contributed by atoms with van der Waals surface area (Å²) in [5, 5.41) is 9.19. The molecular formula is C13H21N3O2. The summed E-state index contributed by atoms with van der Waals surface area (Å²) in [5.41, 5.74) is 9.08. The summed E-state index contributed by atoms with van der Waals surface area (Å²) < 4.78 is 5.46. The molecule has 5 nitrogen and oxygen atoms in total. The first-order chi connectivity index (χ1) is 8.65. The molecule has 18 heavy (non-hydrogen) atoms. The highest BCUT2D eigenvalue weighted by molar-refractivity contribution is 5.52. The maximum atomic E-state index is 9.19. The first kappa shape index (κ1) is 13.3. The number of anilines is 1. The van der Waals surface area contributed by atoms with E-state index in [1.54, 1.807) is 0 Å². The van der Waals surface area contributed by atoms with E-state index in [1.165, 1.54) is 5.56 Å². The summed E-state index contributed by atoms with van der Waals surface area (Å²) >= 11 is 0. The van der Waals surface area contributed by atoms with Gasteiger partial charge in [-0.2, -0.15) is 0 Å². The molecular weight excluding hydrogens is 230 g/mol. The highest BCUT2D eigenvalue weighted by Crippen LogP contribution is 2.24. The summed E-state index contributed by atoms with van der Waals surface area (Å²) in [6.45, 7) is 6.64. The molecule has 1 fully saturated rings. The number of ether oxygens (including phenoxy) is 1. The number of nitrogens with two attached hydrogens (primary N) is 1. The molecule has 1 aliphatic heterocycles. The van der Waals surface area contributed by atoms with E-state index in [1.807, 2.05) is 6.92 Å². The van der Waals surface area contributed by atoms with Crippen molar-refractivity contribution in [3.63, 3.8) is 0 Å². The van der Waals surface area contributed by atoms with Crippen molar-refractivity contribution < 1.29 is 9.84 Å². The Morgan fingerprint density at radius 3 is 3.00 bits per heavy atom. The van der Waals surface area contributed by atoms with Gasteiger partial charge in [-0.1, -0.05) is 0 Å². The fourth-order valence-corrected chi connectivity index (χ4v) is 2.38. The van der Waals surface area contributed by atoms with Gasteiger partial charge < -0.3 is 20.5 Å². The van der Waals surface area contributed by atoms with Crippen LogP contribution in [0.3, 0.4) is 0 Å². The van der Waals surface area contributed by atoms with Crippen molar-refractivity contribution in [2.24, 2.45) is 5.73 Å². The van der Waals surface area contributed by atoms with Crippen molar-refractivity contribution >= 4 is 5.82 Å². The summed E-state index contributed by atoms with van der Waals surface area (Å²) in [6.07, 6.45) is -0.132. The molecule has 1 aliphatic rings. The monoisotopic (exact) mass is 251 g/mol. The molecule has 1 unspecified atom stereocenters. The number of hydrogen-bond donors (Lipinski definition) is 2. The average molecular weight is 251 g/mol. The second-order valence-corrected chi connectivity index (χ2v) is 4.71. The quantitative estimate of drug-likeness (QED) is 0.811. The zero-order chi connectivity index (χ0) is 13.1. The van der Waals surface area contributed by atoms with Gasteiger partial charge in [0.25, 0.3) is 0 Å².